The van der Waals surface area contributed by atoms with Crippen LogP contribution >= 0.6 is 0 Å². The number of carbonyl (C=O) groups is 1. The van der Waals surface area contributed by atoms with Gasteiger partial charge in [0.15, 0.2) is 0 Å². The van der Waals surface area contributed by atoms with Gasteiger partial charge in [0.2, 0.25) is 5.91 Å². The second-order valence-electron chi connectivity index (χ2n) is 5.63. The number of benzene rings is 1. The van der Waals surface area contributed by atoms with E-state index in [0.717, 1.165) is 12.1 Å². The zero-order valence-corrected chi connectivity index (χ0v) is 11.3. The highest BCUT2D eigenvalue weighted by Crippen LogP contribution is 2.34. The fourth-order valence-corrected chi connectivity index (χ4v) is 3.06. The van der Waals surface area contributed by atoms with E-state index < -0.39 is 5.54 Å². The van der Waals surface area contributed by atoms with Crippen LogP contribution < -0.4 is 10.6 Å². The van der Waals surface area contributed by atoms with E-state index in [2.05, 4.69) is 13.0 Å². The Hall–Kier alpha value is -1.39. The van der Waals surface area contributed by atoms with Crippen LogP contribution in [0.1, 0.15) is 25.3 Å². The Bertz CT molecular complexity index is 495. The SMILES string of the molecule is CC1Cc2ccccc2N1C(=O)C1(N)CCOCC1. The summed E-state index contributed by atoms with van der Waals surface area (Å²) in [5, 5.41) is 0. The molecule has 1 unspecified atom stereocenters. The highest BCUT2D eigenvalue weighted by atomic mass is 16.5. The molecule has 0 bridgehead atoms. The molecule has 0 spiro atoms. The van der Waals surface area contributed by atoms with Crippen molar-refractivity contribution in [2.24, 2.45) is 5.73 Å². The number of anilines is 1. The van der Waals surface area contributed by atoms with Crippen molar-refractivity contribution in [2.45, 2.75) is 37.8 Å². The highest BCUT2D eigenvalue weighted by Gasteiger charge is 2.43. The van der Waals surface area contributed by atoms with Gasteiger partial charge in [-0.15, -0.1) is 0 Å². The van der Waals surface area contributed by atoms with Crippen molar-refractivity contribution >= 4 is 11.6 Å². The van der Waals surface area contributed by atoms with E-state index >= 15 is 0 Å². The van der Waals surface area contributed by atoms with E-state index in [1.165, 1.54) is 5.56 Å². The van der Waals surface area contributed by atoms with Gasteiger partial charge in [0, 0.05) is 24.9 Å². The molecule has 1 aromatic carbocycles. The Morgan fingerprint density at radius 1 is 1.37 bits per heavy atom. The van der Waals surface area contributed by atoms with Crippen LogP contribution in [0.3, 0.4) is 0 Å². The third-order valence-corrected chi connectivity index (χ3v) is 4.24. The van der Waals surface area contributed by atoms with Crippen LogP contribution in [0.5, 0.6) is 0 Å². The van der Waals surface area contributed by atoms with Gasteiger partial charge >= 0.3 is 0 Å². The summed E-state index contributed by atoms with van der Waals surface area (Å²) in [6.45, 7) is 3.23. The molecule has 0 aromatic heterocycles. The van der Waals surface area contributed by atoms with E-state index in [4.69, 9.17) is 10.5 Å². The molecule has 1 fully saturated rings. The van der Waals surface area contributed by atoms with Crippen molar-refractivity contribution in [1.29, 1.82) is 0 Å². The van der Waals surface area contributed by atoms with Crippen LogP contribution in [0.15, 0.2) is 24.3 Å². The number of amides is 1. The van der Waals surface area contributed by atoms with E-state index in [0.29, 0.717) is 26.1 Å². The Morgan fingerprint density at radius 3 is 2.79 bits per heavy atom. The summed E-state index contributed by atoms with van der Waals surface area (Å²) in [5.41, 5.74) is 7.83. The van der Waals surface area contributed by atoms with Gasteiger partial charge in [0.25, 0.3) is 0 Å². The van der Waals surface area contributed by atoms with Crippen molar-refractivity contribution in [3.8, 4) is 0 Å². The molecule has 1 amide bonds. The number of para-hydroxylation sites is 1. The molecule has 3 rings (SSSR count). The average Bonchev–Trinajstić information content (AvgIpc) is 2.74. The first-order valence-electron chi connectivity index (χ1n) is 6.90. The summed E-state index contributed by atoms with van der Waals surface area (Å²) in [4.78, 5) is 14.7. The molecule has 0 saturated carbocycles. The summed E-state index contributed by atoms with van der Waals surface area (Å²) < 4.78 is 5.32. The molecule has 2 aliphatic heterocycles. The fraction of sp³-hybridized carbons (Fsp3) is 0.533. The maximum atomic E-state index is 12.8. The second-order valence-corrected chi connectivity index (χ2v) is 5.63. The van der Waals surface area contributed by atoms with Crippen LogP contribution in [-0.4, -0.2) is 30.7 Å². The van der Waals surface area contributed by atoms with E-state index in [-0.39, 0.29) is 11.9 Å². The number of nitrogens with two attached hydrogens (primary N) is 1. The molecule has 1 atom stereocenters. The lowest BCUT2D eigenvalue weighted by atomic mass is 9.89. The first-order chi connectivity index (χ1) is 9.12. The minimum Gasteiger partial charge on any atom is -0.381 e. The number of rotatable bonds is 1. The van der Waals surface area contributed by atoms with E-state index in [1.807, 2.05) is 23.1 Å². The van der Waals surface area contributed by atoms with Gasteiger partial charge in [-0.3, -0.25) is 4.79 Å². The first kappa shape index (κ1) is 12.6. The van der Waals surface area contributed by atoms with Crippen LogP contribution in [0.4, 0.5) is 5.69 Å². The lowest BCUT2D eigenvalue weighted by Gasteiger charge is -2.37. The topological polar surface area (TPSA) is 55.6 Å². The molecule has 19 heavy (non-hydrogen) atoms. The van der Waals surface area contributed by atoms with Gasteiger partial charge in [0.1, 0.15) is 5.54 Å². The van der Waals surface area contributed by atoms with E-state index in [9.17, 15) is 4.79 Å². The summed E-state index contributed by atoms with van der Waals surface area (Å²) in [5.74, 6) is 0.0493. The molecular weight excluding hydrogens is 240 g/mol. The molecule has 0 aliphatic carbocycles. The third kappa shape index (κ3) is 2.05. The molecule has 2 aliphatic rings. The fourth-order valence-electron chi connectivity index (χ4n) is 3.06. The Balaban J connectivity index is 1.91. The second kappa shape index (κ2) is 4.62. The van der Waals surface area contributed by atoms with Crippen LogP contribution in [0.2, 0.25) is 0 Å². The van der Waals surface area contributed by atoms with Gasteiger partial charge in [0.05, 0.1) is 0 Å². The maximum absolute atomic E-state index is 12.8. The van der Waals surface area contributed by atoms with Gasteiger partial charge in [-0.2, -0.15) is 0 Å². The van der Waals surface area contributed by atoms with Gasteiger partial charge in [-0.05, 0) is 37.8 Å². The molecule has 102 valence electrons. The standard InChI is InChI=1S/C15H20N2O2/c1-11-10-12-4-2-3-5-13(12)17(11)14(18)15(16)6-8-19-9-7-15/h2-5,11H,6-10,16H2,1H3. The smallest absolute Gasteiger partial charge is 0.247 e. The van der Waals surface area contributed by atoms with Crippen molar-refractivity contribution in [3.63, 3.8) is 0 Å². The normalized spacial score (nSPS) is 25.2. The molecule has 4 heteroatoms. The zero-order chi connectivity index (χ0) is 13.5. The summed E-state index contributed by atoms with van der Waals surface area (Å²) in [6.07, 6.45) is 2.13. The molecule has 4 nitrogen and oxygen atoms in total. The Kier molecular flexibility index (Phi) is 3.07. The third-order valence-electron chi connectivity index (χ3n) is 4.24. The van der Waals surface area contributed by atoms with Crippen LogP contribution in [-0.2, 0) is 16.0 Å². The van der Waals surface area contributed by atoms with Crippen molar-refractivity contribution in [1.82, 2.24) is 0 Å². The Labute approximate surface area is 113 Å². The van der Waals surface area contributed by atoms with Gasteiger partial charge < -0.3 is 15.4 Å². The molecule has 2 heterocycles. The molecule has 1 aromatic rings. The molecule has 1 saturated heterocycles. The van der Waals surface area contributed by atoms with E-state index in [1.54, 1.807) is 0 Å². The summed E-state index contributed by atoms with van der Waals surface area (Å²) >= 11 is 0. The zero-order valence-electron chi connectivity index (χ0n) is 11.3. The minimum atomic E-state index is -0.760. The van der Waals surface area contributed by atoms with Gasteiger partial charge in [-0.25, -0.2) is 0 Å². The predicted octanol–water partition coefficient (Wildman–Crippen LogP) is 1.47. The first-order valence-corrected chi connectivity index (χ1v) is 6.90. The lowest BCUT2D eigenvalue weighted by Crippen LogP contribution is -2.59. The minimum absolute atomic E-state index is 0.0493. The summed E-state index contributed by atoms with van der Waals surface area (Å²) in [6, 6.07) is 8.29. The highest BCUT2D eigenvalue weighted by molar-refractivity contribution is 6.02. The number of nitrogens with zero attached hydrogens (tertiary/aromatic N) is 1. The Morgan fingerprint density at radius 2 is 2.05 bits per heavy atom. The number of ether oxygens (including phenoxy) is 1. The number of hydrogen-bond donors (Lipinski definition) is 1. The van der Waals surface area contributed by atoms with Crippen LogP contribution in [0.25, 0.3) is 0 Å². The average molecular weight is 260 g/mol. The number of hydrogen-bond acceptors (Lipinski definition) is 3. The number of carbonyl (C=O) groups excluding carboxylic acids is 1. The number of fused-ring (bicyclic) bond motifs is 1. The molecule has 2 N–H and O–H groups in total. The molecular formula is C15H20N2O2. The van der Waals surface area contributed by atoms with Crippen molar-refractivity contribution < 1.29 is 9.53 Å². The molecule has 0 radical (unpaired) electrons. The predicted molar refractivity (Wildman–Crippen MR) is 74.1 cm³/mol. The lowest BCUT2D eigenvalue weighted by molar-refractivity contribution is -0.127. The van der Waals surface area contributed by atoms with Gasteiger partial charge in [-0.1, -0.05) is 18.2 Å². The van der Waals surface area contributed by atoms with Crippen molar-refractivity contribution in [3.05, 3.63) is 29.8 Å². The van der Waals surface area contributed by atoms with Crippen molar-refractivity contribution in [2.75, 3.05) is 18.1 Å². The monoisotopic (exact) mass is 260 g/mol. The maximum Gasteiger partial charge on any atom is 0.247 e. The quantitative estimate of drug-likeness (QED) is 0.832. The largest absolute Gasteiger partial charge is 0.381 e. The summed E-state index contributed by atoms with van der Waals surface area (Å²) in [7, 11) is 0. The van der Waals surface area contributed by atoms with Crippen LogP contribution in [0, 0.1) is 0 Å².